The van der Waals surface area contributed by atoms with Crippen LogP contribution < -0.4 is 10.1 Å². The molecule has 1 amide bonds. The number of pyridine rings is 1. The number of carbonyl (C=O) groups is 1. The van der Waals surface area contributed by atoms with Crippen molar-refractivity contribution >= 4 is 17.5 Å². The summed E-state index contributed by atoms with van der Waals surface area (Å²) < 4.78 is 5.76. The molecule has 0 aliphatic rings. The average Bonchev–Trinajstić information content (AvgIpc) is 2.50. The Kier molecular flexibility index (Phi) is 5.03. The van der Waals surface area contributed by atoms with Gasteiger partial charge in [-0.3, -0.25) is 9.78 Å². The molecule has 1 aromatic carbocycles. The number of halogens is 1. The van der Waals surface area contributed by atoms with E-state index in [1.165, 1.54) is 0 Å². The Morgan fingerprint density at radius 1 is 1.23 bits per heavy atom. The number of amides is 1. The molecule has 2 rings (SSSR count). The lowest BCUT2D eigenvalue weighted by Gasteiger charge is -2.27. The van der Waals surface area contributed by atoms with Gasteiger partial charge in [0, 0.05) is 11.2 Å². The van der Waals surface area contributed by atoms with Crippen LogP contribution in [0.5, 0.6) is 5.75 Å². The van der Waals surface area contributed by atoms with Gasteiger partial charge in [0.05, 0.1) is 11.7 Å². The molecule has 1 aromatic heterocycles. The Bertz CT molecular complexity index is 627. The van der Waals surface area contributed by atoms with E-state index in [2.05, 4.69) is 10.3 Å². The molecule has 0 saturated carbocycles. The van der Waals surface area contributed by atoms with Crippen LogP contribution in [0.15, 0.2) is 48.7 Å². The van der Waals surface area contributed by atoms with Crippen molar-refractivity contribution in [1.82, 2.24) is 10.3 Å². The van der Waals surface area contributed by atoms with E-state index in [0.29, 0.717) is 10.8 Å². The number of nitrogens with zero attached hydrogens (tertiary/aromatic N) is 1. The average molecular weight is 319 g/mol. The SMILES string of the molecule is CC(NC(=O)C(C)(C)Oc1ccc(Cl)cc1)c1ccccn1. The summed E-state index contributed by atoms with van der Waals surface area (Å²) in [5, 5.41) is 3.54. The van der Waals surface area contributed by atoms with Crippen LogP contribution in [0.25, 0.3) is 0 Å². The van der Waals surface area contributed by atoms with Crippen molar-refractivity contribution in [3.8, 4) is 5.75 Å². The number of ether oxygens (including phenoxy) is 1. The maximum absolute atomic E-state index is 12.4. The topological polar surface area (TPSA) is 51.2 Å². The first-order valence-corrected chi connectivity index (χ1v) is 7.43. The van der Waals surface area contributed by atoms with Crippen molar-refractivity contribution < 1.29 is 9.53 Å². The molecule has 4 nitrogen and oxygen atoms in total. The Labute approximate surface area is 135 Å². The van der Waals surface area contributed by atoms with E-state index in [4.69, 9.17) is 16.3 Å². The third kappa shape index (κ3) is 4.21. The highest BCUT2D eigenvalue weighted by molar-refractivity contribution is 6.30. The molecule has 1 heterocycles. The van der Waals surface area contributed by atoms with Gasteiger partial charge in [0.1, 0.15) is 5.75 Å². The van der Waals surface area contributed by atoms with Crippen LogP contribution in [0.3, 0.4) is 0 Å². The zero-order chi connectivity index (χ0) is 16.2. The fourth-order valence-corrected chi connectivity index (χ4v) is 2.05. The third-order valence-corrected chi connectivity index (χ3v) is 3.46. The zero-order valence-electron chi connectivity index (χ0n) is 12.8. The normalized spacial score (nSPS) is 12.5. The summed E-state index contributed by atoms with van der Waals surface area (Å²) in [6, 6.07) is 12.3. The summed E-state index contributed by atoms with van der Waals surface area (Å²) in [5.74, 6) is 0.385. The number of nitrogens with one attached hydrogen (secondary N) is 1. The molecule has 0 fully saturated rings. The van der Waals surface area contributed by atoms with Crippen molar-refractivity contribution in [2.45, 2.75) is 32.4 Å². The molecule has 0 radical (unpaired) electrons. The van der Waals surface area contributed by atoms with Crippen molar-refractivity contribution in [2.24, 2.45) is 0 Å². The minimum Gasteiger partial charge on any atom is -0.478 e. The quantitative estimate of drug-likeness (QED) is 0.913. The number of benzene rings is 1. The minimum atomic E-state index is -1.00. The van der Waals surface area contributed by atoms with Gasteiger partial charge in [-0.2, -0.15) is 0 Å². The lowest BCUT2D eigenvalue weighted by Crippen LogP contribution is -2.47. The van der Waals surface area contributed by atoms with E-state index in [0.717, 1.165) is 5.69 Å². The molecule has 1 atom stereocenters. The molecule has 1 N–H and O–H groups in total. The van der Waals surface area contributed by atoms with Crippen LogP contribution in [0.4, 0.5) is 0 Å². The Hall–Kier alpha value is -2.07. The maximum atomic E-state index is 12.4. The maximum Gasteiger partial charge on any atom is 0.264 e. The van der Waals surface area contributed by atoms with Crippen LogP contribution in [0, 0.1) is 0 Å². The van der Waals surface area contributed by atoms with Crippen LogP contribution in [-0.4, -0.2) is 16.5 Å². The lowest BCUT2D eigenvalue weighted by atomic mass is 10.1. The molecule has 22 heavy (non-hydrogen) atoms. The molecule has 1 unspecified atom stereocenters. The molecule has 2 aromatic rings. The minimum absolute atomic E-state index is 0.193. The van der Waals surface area contributed by atoms with Gasteiger partial charge in [-0.25, -0.2) is 0 Å². The first-order valence-electron chi connectivity index (χ1n) is 7.05. The molecular formula is C17H19ClN2O2. The van der Waals surface area contributed by atoms with Crippen molar-refractivity contribution in [1.29, 1.82) is 0 Å². The summed E-state index contributed by atoms with van der Waals surface area (Å²) in [6.45, 7) is 5.34. The molecule has 116 valence electrons. The predicted octanol–water partition coefficient (Wildman–Crippen LogP) is 3.77. The third-order valence-electron chi connectivity index (χ3n) is 3.21. The van der Waals surface area contributed by atoms with Gasteiger partial charge in [0.15, 0.2) is 5.60 Å². The first-order chi connectivity index (χ1) is 10.4. The van der Waals surface area contributed by atoms with Crippen LogP contribution in [0.2, 0.25) is 5.02 Å². The summed E-state index contributed by atoms with van der Waals surface area (Å²) in [6.07, 6.45) is 1.70. The lowest BCUT2D eigenvalue weighted by molar-refractivity contribution is -0.134. The van der Waals surface area contributed by atoms with E-state index < -0.39 is 5.60 Å². The van der Waals surface area contributed by atoms with E-state index >= 15 is 0 Å². The molecule has 0 spiro atoms. The highest BCUT2D eigenvalue weighted by atomic mass is 35.5. The predicted molar refractivity (Wildman–Crippen MR) is 87.0 cm³/mol. The second-order valence-corrected chi connectivity index (χ2v) is 5.95. The van der Waals surface area contributed by atoms with Gasteiger partial charge in [-0.1, -0.05) is 17.7 Å². The second-order valence-electron chi connectivity index (χ2n) is 5.52. The highest BCUT2D eigenvalue weighted by Gasteiger charge is 2.31. The standard InChI is InChI=1S/C17H19ClN2O2/c1-12(15-6-4-5-11-19-15)20-16(21)17(2,3)22-14-9-7-13(18)8-10-14/h4-12H,1-3H3,(H,20,21). The smallest absolute Gasteiger partial charge is 0.264 e. The summed E-state index contributed by atoms with van der Waals surface area (Å²) in [5.41, 5.74) is -0.199. The van der Waals surface area contributed by atoms with E-state index in [-0.39, 0.29) is 11.9 Å². The second kappa shape index (κ2) is 6.79. The molecule has 0 aliphatic heterocycles. The fraction of sp³-hybridized carbons (Fsp3) is 0.294. The largest absolute Gasteiger partial charge is 0.478 e. The van der Waals surface area contributed by atoms with Crippen LogP contribution in [0.1, 0.15) is 32.5 Å². The number of hydrogen-bond acceptors (Lipinski definition) is 3. The van der Waals surface area contributed by atoms with Gasteiger partial charge in [0.25, 0.3) is 5.91 Å². The summed E-state index contributed by atoms with van der Waals surface area (Å²) >= 11 is 5.84. The molecule has 0 aliphatic carbocycles. The zero-order valence-corrected chi connectivity index (χ0v) is 13.6. The summed E-state index contributed by atoms with van der Waals surface area (Å²) in [4.78, 5) is 16.7. The van der Waals surface area contributed by atoms with Gasteiger partial charge < -0.3 is 10.1 Å². The summed E-state index contributed by atoms with van der Waals surface area (Å²) in [7, 11) is 0. The van der Waals surface area contributed by atoms with Gasteiger partial charge in [0.2, 0.25) is 0 Å². The highest BCUT2D eigenvalue weighted by Crippen LogP contribution is 2.21. The number of aromatic nitrogens is 1. The molecule has 5 heteroatoms. The number of hydrogen-bond donors (Lipinski definition) is 1. The van der Waals surface area contributed by atoms with Crippen molar-refractivity contribution in [2.75, 3.05) is 0 Å². The Morgan fingerprint density at radius 3 is 2.50 bits per heavy atom. The van der Waals surface area contributed by atoms with Gasteiger partial charge >= 0.3 is 0 Å². The van der Waals surface area contributed by atoms with Crippen LogP contribution >= 0.6 is 11.6 Å². The Morgan fingerprint density at radius 2 is 1.91 bits per heavy atom. The monoisotopic (exact) mass is 318 g/mol. The van der Waals surface area contributed by atoms with E-state index in [1.54, 1.807) is 44.3 Å². The first kappa shape index (κ1) is 16.3. The molecular weight excluding hydrogens is 300 g/mol. The van der Waals surface area contributed by atoms with Gasteiger partial charge in [-0.15, -0.1) is 0 Å². The van der Waals surface area contributed by atoms with Gasteiger partial charge in [-0.05, 0) is 57.2 Å². The molecule has 0 saturated heterocycles. The molecule has 0 bridgehead atoms. The van der Waals surface area contributed by atoms with Crippen molar-refractivity contribution in [3.63, 3.8) is 0 Å². The fourth-order valence-electron chi connectivity index (χ4n) is 1.92. The van der Waals surface area contributed by atoms with Crippen LogP contribution in [-0.2, 0) is 4.79 Å². The van der Waals surface area contributed by atoms with E-state index in [9.17, 15) is 4.79 Å². The number of rotatable bonds is 5. The number of carbonyl (C=O) groups excluding carboxylic acids is 1. The Balaban J connectivity index is 2.02. The van der Waals surface area contributed by atoms with Crippen molar-refractivity contribution in [3.05, 3.63) is 59.4 Å². The van der Waals surface area contributed by atoms with E-state index in [1.807, 2.05) is 25.1 Å².